The molecule has 4 N–H and O–H groups in total. The zero-order valence-electron chi connectivity index (χ0n) is 14.5. The van der Waals surface area contributed by atoms with Crippen LogP contribution in [-0.2, 0) is 20.8 Å². The summed E-state index contributed by atoms with van der Waals surface area (Å²) in [6.45, 7) is -0.882. The molecule has 27 heavy (non-hydrogen) atoms. The van der Waals surface area contributed by atoms with Crippen LogP contribution < -0.4 is 0 Å². The molecule has 13 nitrogen and oxygen atoms in total. The van der Waals surface area contributed by atoms with Crippen LogP contribution in [0.15, 0.2) is 12.4 Å². The summed E-state index contributed by atoms with van der Waals surface area (Å²) in [6.07, 6.45) is -4.42. The second kappa shape index (κ2) is 9.16. The first-order valence-electron chi connectivity index (χ1n) is 8.07. The number of nitro groups is 1. The van der Waals surface area contributed by atoms with Crippen LogP contribution in [0.1, 0.15) is 0 Å². The molecule has 1 aliphatic heterocycles. The van der Waals surface area contributed by atoms with Gasteiger partial charge in [-0.1, -0.05) is 4.98 Å². The van der Waals surface area contributed by atoms with Gasteiger partial charge in [-0.05, 0) is 4.92 Å². The molecule has 0 aliphatic carbocycles. The van der Waals surface area contributed by atoms with Crippen LogP contribution in [0.3, 0.4) is 0 Å². The van der Waals surface area contributed by atoms with Gasteiger partial charge in [0.05, 0.1) is 13.2 Å². The summed E-state index contributed by atoms with van der Waals surface area (Å²) < 4.78 is 11.6. The minimum absolute atomic E-state index is 0.0658. The average Bonchev–Trinajstić information content (AvgIpc) is 3.09. The Balaban J connectivity index is 1.82. The SMILES string of the molecule is CN(CCO[C@H]1O[C@H](CO)[C@@H](O)[C@H](O)[C@@H]1O)C(=O)Cn1ccnc1[N+](=O)[O-]. The van der Waals surface area contributed by atoms with Crippen molar-refractivity contribution < 1.29 is 39.6 Å². The summed E-state index contributed by atoms with van der Waals surface area (Å²) >= 11 is 0. The van der Waals surface area contributed by atoms with Crippen molar-refractivity contribution in [1.82, 2.24) is 14.5 Å². The maximum Gasteiger partial charge on any atom is 0.435 e. The average molecular weight is 390 g/mol. The lowest BCUT2D eigenvalue weighted by Gasteiger charge is -2.39. The van der Waals surface area contributed by atoms with Crippen molar-refractivity contribution >= 4 is 11.9 Å². The molecule has 1 amide bonds. The smallest absolute Gasteiger partial charge is 0.394 e. The van der Waals surface area contributed by atoms with E-state index in [1.54, 1.807) is 0 Å². The second-order valence-corrected chi connectivity index (χ2v) is 6.00. The van der Waals surface area contributed by atoms with Crippen molar-refractivity contribution in [3.05, 3.63) is 22.5 Å². The number of nitrogens with zero attached hydrogens (tertiary/aromatic N) is 4. The Hall–Kier alpha value is -2.16. The Morgan fingerprint density at radius 2 is 2.11 bits per heavy atom. The lowest BCUT2D eigenvalue weighted by Crippen LogP contribution is -2.59. The van der Waals surface area contributed by atoms with E-state index in [9.17, 15) is 30.2 Å². The van der Waals surface area contributed by atoms with Gasteiger partial charge in [0, 0.05) is 13.6 Å². The summed E-state index contributed by atoms with van der Waals surface area (Å²) in [5.41, 5.74) is 0. The minimum atomic E-state index is -1.55. The van der Waals surface area contributed by atoms with Gasteiger partial charge in [0.25, 0.3) is 5.91 Å². The van der Waals surface area contributed by atoms with Crippen LogP contribution >= 0.6 is 0 Å². The van der Waals surface area contributed by atoms with Gasteiger partial charge in [0.1, 0.15) is 36.8 Å². The van der Waals surface area contributed by atoms with Crippen LogP contribution in [0.25, 0.3) is 0 Å². The molecule has 1 aromatic heterocycles. The van der Waals surface area contributed by atoms with Crippen LogP contribution in [0.4, 0.5) is 5.95 Å². The highest BCUT2D eigenvalue weighted by Gasteiger charge is 2.43. The number of aliphatic hydroxyl groups excluding tert-OH is 4. The fourth-order valence-corrected chi connectivity index (χ4v) is 2.50. The Kier molecular flexibility index (Phi) is 7.18. The van der Waals surface area contributed by atoms with E-state index in [1.165, 1.54) is 24.3 Å². The fraction of sp³-hybridized carbons (Fsp3) is 0.714. The van der Waals surface area contributed by atoms with Crippen LogP contribution in [-0.4, -0.2) is 103 Å². The normalized spacial score (nSPS) is 28.1. The maximum absolute atomic E-state index is 12.1. The molecule has 0 aromatic carbocycles. The Bertz CT molecular complexity index is 652. The highest BCUT2D eigenvalue weighted by atomic mass is 16.7. The first-order valence-corrected chi connectivity index (χ1v) is 8.07. The third kappa shape index (κ3) is 4.97. The summed E-state index contributed by atoms with van der Waals surface area (Å²) in [7, 11) is 1.46. The third-order valence-electron chi connectivity index (χ3n) is 4.15. The number of imidazole rings is 1. The van der Waals surface area contributed by atoms with Gasteiger partial charge in [-0.25, -0.2) is 4.57 Å². The molecule has 1 fully saturated rings. The molecular weight excluding hydrogens is 368 g/mol. The lowest BCUT2D eigenvalue weighted by atomic mass is 9.99. The van der Waals surface area contributed by atoms with Crippen LogP contribution in [0.2, 0.25) is 0 Å². The number of rotatable bonds is 8. The van der Waals surface area contributed by atoms with E-state index in [0.29, 0.717) is 0 Å². The quantitative estimate of drug-likeness (QED) is 0.265. The monoisotopic (exact) mass is 390 g/mol. The molecule has 0 radical (unpaired) electrons. The number of ether oxygens (including phenoxy) is 2. The number of hydrogen-bond acceptors (Lipinski definition) is 10. The number of amides is 1. The zero-order chi connectivity index (χ0) is 20.1. The predicted octanol–water partition coefficient (Wildman–Crippen LogP) is -2.93. The summed E-state index contributed by atoms with van der Waals surface area (Å²) in [5.74, 6) is -0.886. The second-order valence-electron chi connectivity index (χ2n) is 6.00. The molecule has 5 atom stereocenters. The van der Waals surface area contributed by atoms with Gasteiger partial charge in [-0.15, -0.1) is 0 Å². The number of carbonyl (C=O) groups is 1. The molecule has 2 heterocycles. The van der Waals surface area contributed by atoms with Crippen molar-refractivity contribution in [2.24, 2.45) is 0 Å². The molecular formula is C14H22N4O9. The number of aromatic nitrogens is 2. The molecule has 1 aromatic rings. The molecule has 0 unspecified atom stereocenters. The predicted molar refractivity (Wildman–Crippen MR) is 86.2 cm³/mol. The van der Waals surface area contributed by atoms with Crippen LogP contribution in [0, 0.1) is 10.1 Å². The van der Waals surface area contributed by atoms with Crippen molar-refractivity contribution in [2.45, 2.75) is 37.3 Å². The highest BCUT2D eigenvalue weighted by molar-refractivity contribution is 5.75. The Morgan fingerprint density at radius 1 is 1.41 bits per heavy atom. The molecule has 0 spiro atoms. The number of carbonyl (C=O) groups excluding carboxylic acids is 1. The largest absolute Gasteiger partial charge is 0.435 e. The topological polar surface area (TPSA) is 181 Å². The molecule has 152 valence electrons. The van der Waals surface area contributed by atoms with Gasteiger partial charge >= 0.3 is 5.95 Å². The minimum Gasteiger partial charge on any atom is -0.394 e. The van der Waals surface area contributed by atoms with Crippen molar-refractivity contribution in [3.63, 3.8) is 0 Å². The van der Waals surface area contributed by atoms with E-state index < -0.39 is 54.1 Å². The van der Waals surface area contributed by atoms with Gasteiger partial charge < -0.3 is 44.9 Å². The summed E-state index contributed by atoms with van der Waals surface area (Å²) in [6, 6.07) is 0. The number of aliphatic hydroxyl groups is 4. The van der Waals surface area contributed by atoms with E-state index in [2.05, 4.69) is 4.98 Å². The van der Waals surface area contributed by atoms with Gasteiger partial charge in [-0.3, -0.25) is 4.79 Å². The van der Waals surface area contributed by atoms with E-state index in [-0.39, 0.29) is 19.7 Å². The number of hydrogen-bond donors (Lipinski definition) is 4. The highest BCUT2D eigenvalue weighted by Crippen LogP contribution is 2.21. The third-order valence-corrected chi connectivity index (χ3v) is 4.15. The Labute approximate surface area is 153 Å². The molecule has 1 saturated heterocycles. The van der Waals surface area contributed by atoms with Gasteiger partial charge in [0.15, 0.2) is 12.8 Å². The standard InChI is InChI=1S/C14H22N4O9/c1-16(9(20)6-17-3-2-15-14(17)18(24)25)4-5-26-13-12(23)11(22)10(21)8(7-19)27-13/h2-3,8,10-13,19,21-23H,4-7H2,1H3/t8-,10-,11+,12+,13+/m1/s1. The molecule has 1 aliphatic rings. The fourth-order valence-electron chi connectivity index (χ4n) is 2.50. The molecule has 2 rings (SSSR count). The first kappa shape index (κ1) is 21.1. The van der Waals surface area contributed by atoms with E-state index >= 15 is 0 Å². The zero-order valence-corrected chi connectivity index (χ0v) is 14.5. The number of likely N-dealkylation sites (N-methyl/N-ethyl adjacent to an activating group) is 1. The molecule has 13 heteroatoms. The van der Waals surface area contributed by atoms with E-state index in [0.717, 1.165) is 4.57 Å². The van der Waals surface area contributed by atoms with Crippen LogP contribution in [0.5, 0.6) is 0 Å². The molecule has 0 bridgehead atoms. The molecule has 0 saturated carbocycles. The maximum atomic E-state index is 12.1. The van der Waals surface area contributed by atoms with Crippen molar-refractivity contribution in [1.29, 1.82) is 0 Å². The van der Waals surface area contributed by atoms with Gasteiger partial charge in [0.2, 0.25) is 0 Å². The van der Waals surface area contributed by atoms with Crippen molar-refractivity contribution in [3.8, 4) is 0 Å². The lowest BCUT2D eigenvalue weighted by molar-refractivity contribution is -0.396. The first-order chi connectivity index (χ1) is 12.8. The van der Waals surface area contributed by atoms with Gasteiger partial charge in [-0.2, -0.15) is 0 Å². The van der Waals surface area contributed by atoms with E-state index in [4.69, 9.17) is 14.6 Å². The van der Waals surface area contributed by atoms with Crippen molar-refractivity contribution in [2.75, 3.05) is 26.8 Å². The Morgan fingerprint density at radius 3 is 2.74 bits per heavy atom. The summed E-state index contributed by atoms with van der Waals surface area (Å²) in [5, 5.41) is 49.1. The van der Waals surface area contributed by atoms with E-state index in [1.807, 2.05) is 0 Å². The summed E-state index contributed by atoms with van der Waals surface area (Å²) in [4.78, 5) is 27.0.